The van der Waals surface area contributed by atoms with Gasteiger partial charge in [-0.1, -0.05) is 26.0 Å². The van der Waals surface area contributed by atoms with Crippen molar-refractivity contribution in [3.05, 3.63) is 47.5 Å². The summed E-state index contributed by atoms with van der Waals surface area (Å²) in [6.45, 7) is 6.90. The monoisotopic (exact) mass is 367 g/mol. The molecule has 2 rings (SSSR count). The molecule has 0 saturated heterocycles. The minimum Gasteiger partial charge on any atom is -0.496 e. The predicted molar refractivity (Wildman–Crippen MR) is 109 cm³/mol. The number of carbonyl (C=O) groups excluding carboxylic acids is 1. The summed E-state index contributed by atoms with van der Waals surface area (Å²) in [6, 6.07) is 11.2. The van der Waals surface area contributed by atoms with Gasteiger partial charge in [-0.05, 0) is 56.6 Å². The summed E-state index contributed by atoms with van der Waals surface area (Å²) < 4.78 is 16.4. The van der Waals surface area contributed by atoms with Gasteiger partial charge in [-0.25, -0.2) is 0 Å². The van der Waals surface area contributed by atoms with E-state index >= 15 is 0 Å². The molecule has 0 aromatic heterocycles. The molecule has 0 bridgehead atoms. The number of hydrogen-bond donors (Lipinski definition) is 0. The van der Waals surface area contributed by atoms with Crippen LogP contribution in [0.5, 0.6) is 17.2 Å². The Morgan fingerprint density at radius 3 is 2.19 bits per heavy atom. The summed E-state index contributed by atoms with van der Waals surface area (Å²) in [5.74, 6) is 2.38. The van der Waals surface area contributed by atoms with E-state index in [1.807, 2.05) is 31.2 Å². The number of benzene rings is 2. The largest absolute Gasteiger partial charge is 0.496 e. The molecule has 0 aliphatic carbocycles. The zero-order chi connectivity index (χ0) is 18.4. The molecular formula is C20H25LiO4P. The van der Waals surface area contributed by atoms with Crippen molar-refractivity contribution in [2.45, 2.75) is 20.8 Å². The standard InChI is InChI=1S/C20H25O4P.Li/c1-13(2)12-24-15-9-10-18(14(3)11-15)25-20(21)19-16(22-4)7-6-8-17(19)23-5;/h6-11,13,25H,12H2,1-5H3;. The average Bonchev–Trinajstić information content (AvgIpc) is 2.60. The molecule has 2 aromatic carbocycles. The Balaban J connectivity index is 0.00000338. The predicted octanol–water partition coefficient (Wildman–Crippen LogP) is 3.81. The van der Waals surface area contributed by atoms with Crippen LogP contribution in [0.4, 0.5) is 0 Å². The summed E-state index contributed by atoms with van der Waals surface area (Å²) in [5, 5.41) is 0.995. The van der Waals surface area contributed by atoms with E-state index in [-0.39, 0.29) is 33.0 Å². The number of hydrogen-bond acceptors (Lipinski definition) is 4. The smallest absolute Gasteiger partial charge is 0.193 e. The second-order valence-corrected chi connectivity index (χ2v) is 7.42. The van der Waals surface area contributed by atoms with Crippen molar-refractivity contribution in [1.82, 2.24) is 0 Å². The van der Waals surface area contributed by atoms with Crippen molar-refractivity contribution >= 4 is 38.3 Å². The van der Waals surface area contributed by atoms with Gasteiger partial charge in [0, 0.05) is 18.9 Å². The zero-order valence-corrected chi connectivity index (χ0v) is 17.4. The van der Waals surface area contributed by atoms with Crippen LogP contribution in [0.15, 0.2) is 36.4 Å². The fourth-order valence-corrected chi connectivity index (χ4v) is 3.44. The van der Waals surface area contributed by atoms with Crippen molar-refractivity contribution in [2.75, 3.05) is 20.8 Å². The van der Waals surface area contributed by atoms with Crippen LogP contribution in [0.25, 0.3) is 0 Å². The quantitative estimate of drug-likeness (QED) is 0.526. The van der Waals surface area contributed by atoms with E-state index in [4.69, 9.17) is 14.2 Å². The summed E-state index contributed by atoms with van der Waals surface area (Å²) in [5.41, 5.74) is 1.53. The maximum absolute atomic E-state index is 12.8. The molecule has 2 aromatic rings. The van der Waals surface area contributed by atoms with Gasteiger partial charge in [0.25, 0.3) is 0 Å². The summed E-state index contributed by atoms with van der Waals surface area (Å²) >= 11 is 0. The molecule has 26 heavy (non-hydrogen) atoms. The van der Waals surface area contributed by atoms with Gasteiger partial charge in [-0.15, -0.1) is 0 Å². The van der Waals surface area contributed by atoms with Crippen LogP contribution in [0.1, 0.15) is 29.8 Å². The molecule has 0 spiro atoms. The van der Waals surface area contributed by atoms with Crippen molar-refractivity contribution < 1.29 is 19.0 Å². The van der Waals surface area contributed by atoms with Crippen molar-refractivity contribution in [1.29, 1.82) is 0 Å². The van der Waals surface area contributed by atoms with Crippen LogP contribution in [-0.4, -0.2) is 45.2 Å². The number of rotatable bonds is 8. The van der Waals surface area contributed by atoms with Crippen molar-refractivity contribution in [3.8, 4) is 17.2 Å². The molecule has 1 atom stereocenters. The maximum Gasteiger partial charge on any atom is 0.193 e. The first kappa shape index (κ1) is 22.6. The average molecular weight is 367 g/mol. The first-order valence-electron chi connectivity index (χ1n) is 8.22. The minimum absolute atomic E-state index is 0. The van der Waals surface area contributed by atoms with Crippen molar-refractivity contribution in [3.63, 3.8) is 0 Å². The Hall–Kier alpha value is -1.46. The SMILES string of the molecule is COc1cccc(OC)c1C(=O)Pc1ccc(OCC(C)C)cc1C.[Li]. The number of ether oxygens (including phenoxy) is 3. The molecule has 0 aliphatic rings. The van der Waals surface area contributed by atoms with Crippen LogP contribution in [0.3, 0.4) is 0 Å². The normalized spacial score (nSPS) is 10.7. The molecule has 1 radical (unpaired) electrons. The first-order valence-corrected chi connectivity index (χ1v) is 9.22. The van der Waals surface area contributed by atoms with Crippen molar-refractivity contribution in [2.24, 2.45) is 5.92 Å². The topological polar surface area (TPSA) is 44.8 Å². The second-order valence-electron chi connectivity index (χ2n) is 6.17. The van der Waals surface area contributed by atoms with E-state index in [0.717, 1.165) is 16.6 Å². The van der Waals surface area contributed by atoms with Gasteiger partial charge < -0.3 is 14.2 Å². The molecule has 1 unspecified atom stereocenters. The van der Waals surface area contributed by atoms with Gasteiger partial charge in [0.2, 0.25) is 0 Å². The van der Waals surface area contributed by atoms with E-state index in [1.54, 1.807) is 26.4 Å². The Morgan fingerprint density at radius 2 is 1.69 bits per heavy atom. The van der Waals surface area contributed by atoms with Crippen LogP contribution >= 0.6 is 8.58 Å². The van der Waals surface area contributed by atoms with E-state index < -0.39 is 0 Å². The van der Waals surface area contributed by atoms with Crippen LogP contribution < -0.4 is 19.5 Å². The Labute approximate surface area is 169 Å². The van der Waals surface area contributed by atoms with Gasteiger partial charge in [0.05, 0.1) is 20.8 Å². The Kier molecular flexibility index (Phi) is 9.23. The summed E-state index contributed by atoms with van der Waals surface area (Å²) in [4.78, 5) is 12.8. The van der Waals surface area contributed by atoms with Gasteiger partial charge in [0.15, 0.2) is 5.52 Å². The minimum atomic E-state index is -0.00734. The third-order valence-corrected chi connectivity index (χ3v) is 4.99. The van der Waals surface area contributed by atoms with Crippen LogP contribution in [-0.2, 0) is 0 Å². The molecule has 0 heterocycles. The molecule has 4 nitrogen and oxygen atoms in total. The van der Waals surface area contributed by atoms with E-state index in [9.17, 15) is 4.79 Å². The zero-order valence-electron chi connectivity index (χ0n) is 16.4. The number of aryl methyl sites for hydroxylation is 1. The molecule has 0 saturated carbocycles. The van der Waals surface area contributed by atoms with Crippen LogP contribution in [0.2, 0.25) is 0 Å². The number of carbonyl (C=O) groups is 1. The Bertz CT molecular complexity index is 724. The second kappa shape index (κ2) is 10.6. The maximum atomic E-state index is 12.8. The fourth-order valence-electron chi connectivity index (χ4n) is 2.39. The molecule has 0 aliphatic heterocycles. The number of methoxy groups -OCH3 is 2. The third-order valence-electron chi connectivity index (χ3n) is 3.68. The summed E-state index contributed by atoms with van der Waals surface area (Å²) in [6.07, 6.45) is 0. The molecule has 0 N–H and O–H groups in total. The molecule has 0 fully saturated rings. The van der Waals surface area contributed by atoms with E-state index in [0.29, 0.717) is 29.6 Å². The molecular weight excluding hydrogens is 342 g/mol. The van der Waals surface area contributed by atoms with Gasteiger partial charge in [-0.2, -0.15) is 0 Å². The van der Waals surface area contributed by atoms with Crippen LogP contribution in [0, 0.1) is 12.8 Å². The van der Waals surface area contributed by atoms with E-state index in [2.05, 4.69) is 13.8 Å². The van der Waals surface area contributed by atoms with Gasteiger partial charge >= 0.3 is 0 Å². The third kappa shape index (κ3) is 5.78. The first-order chi connectivity index (χ1) is 12.0. The molecule has 6 heteroatoms. The fraction of sp³-hybridized carbons (Fsp3) is 0.350. The molecule has 135 valence electrons. The molecule has 0 amide bonds. The summed E-state index contributed by atoms with van der Waals surface area (Å²) in [7, 11) is 3.11. The van der Waals surface area contributed by atoms with Gasteiger partial charge in [0.1, 0.15) is 22.8 Å². The Morgan fingerprint density at radius 1 is 1.08 bits per heavy atom. The van der Waals surface area contributed by atoms with E-state index in [1.165, 1.54) is 0 Å². The van der Waals surface area contributed by atoms with Gasteiger partial charge in [-0.3, -0.25) is 4.79 Å².